The van der Waals surface area contributed by atoms with Crippen molar-refractivity contribution in [3.8, 4) is 0 Å². The van der Waals surface area contributed by atoms with Gasteiger partial charge in [0, 0.05) is 5.41 Å². The molecule has 21 heavy (non-hydrogen) atoms. The third kappa shape index (κ3) is 1.91. The summed E-state index contributed by atoms with van der Waals surface area (Å²) in [4.78, 5) is 0. The molecule has 6 unspecified atom stereocenters. The van der Waals surface area contributed by atoms with Gasteiger partial charge >= 0.3 is 0 Å². The molecular formula is C19H27BrO. The van der Waals surface area contributed by atoms with E-state index in [0.29, 0.717) is 10.8 Å². The van der Waals surface area contributed by atoms with Crippen molar-refractivity contribution in [1.82, 2.24) is 0 Å². The van der Waals surface area contributed by atoms with Crippen LogP contribution in [0.15, 0.2) is 22.2 Å². The highest BCUT2D eigenvalue weighted by Crippen LogP contribution is 2.65. The Morgan fingerprint density at radius 2 is 1.81 bits per heavy atom. The van der Waals surface area contributed by atoms with Crippen molar-refractivity contribution in [3.05, 3.63) is 22.2 Å². The number of aliphatic hydroxyl groups excluding tert-OH is 1. The Morgan fingerprint density at radius 1 is 1.05 bits per heavy atom. The lowest BCUT2D eigenvalue weighted by molar-refractivity contribution is -0.0271. The smallest absolute Gasteiger partial charge is 0.0577 e. The molecule has 1 nitrogen and oxygen atoms in total. The zero-order chi connectivity index (χ0) is 14.8. The van der Waals surface area contributed by atoms with E-state index in [9.17, 15) is 5.11 Å². The maximum absolute atomic E-state index is 10.0. The minimum absolute atomic E-state index is 0.0861. The van der Waals surface area contributed by atoms with Crippen molar-refractivity contribution in [1.29, 1.82) is 0 Å². The monoisotopic (exact) mass is 350 g/mol. The van der Waals surface area contributed by atoms with Crippen LogP contribution in [-0.4, -0.2) is 11.2 Å². The van der Waals surface area contributed by atoms with Crippen molar-refractivity contribution in [3.63, 3.8) is 0 Å². The second kappa shape index (κ2) is 4.71. The van der Waals surface area contributed by atoms with Gasteiger partial charge in [-0.3, -0.25) is 0 Å². The number of allylic oxidation sites excluding steroid dienone is 3. The first-order valence-corrected chi connectivity index (χ1v) is 9.48. The van der Waals surface area contributed by atoms with Crippen LogP contribution in [0.3, 0.4) is 0 Å². The van der Waals surface area contributed by atoms with Crippen LogP contribution in [0.5, 0.6) is 0 Å². The van der Waals surface area contributed by atoms with Crippen molar-refractivity contribution < 1.29 is 5.11 Å². The molecular weight excluding hydrogens is 324 g/mol. The number of hydrogen-bond acceptors (Lipinski definition) is 1. The highest BCUT2D eigenvalue weighted by atomic mass is 79.9. The van der Waals surface area contributed by atoms with Crippen LogP contribution >= 0.6 is 15.9 Å². The van der Waals surface area contributed by atoms with Crippen molar-refractivity contribution in [2.24, 2.45) is 28.6 Å². The lowest BCUT2D eigenvalue weighted by Gasteiger charge is -2.57. The normalized spacial score (nSPS) is 52.4. The second-order valence-electron chi connectivity index (χ2n) is 8.40. The fraction of sp³-hybridized carbons (Fsp3) is 0.789. The predicted octanol–water partition coefficient (Wildman–Crippen LogP) is 5.20. The molecule has 4 aliphatic rings. The van der Waals surface area contributed by atoms with Gasteiger partial charge in [-0.15, -0.1) is 0 Å². The summed E-state index contributed by atoms with van der Waals surface area (Å²) in [5, 5.41) is 10.0. The fourth-order valence-corrected chi connectivity index (χ4v) is 6.84. The SMILES string of the molecule is CC12CCC3C(CC=C4CC(O)CCC43C)C1CC=C2Br. The van der Waals surface area contributed by atoms with Gasteiger partial charge in [0.2, 0.25) is 0 Å². The summed E-state index contributed by atoms with van der Waals surface area (Å²) in [5.74, 6) is 2.51. The van der Waals surface area contributed by atoms with Gasteiger partial charge in [0.05, 0.1) is 6.10 Å². The largest absolute Gasteiger partial charge is 0.393 e. The molecule has 1 N–H and O–H groups in total. The first-order valence-electron chi connectivity index (χ1n) is 8.69. The average Bonchev–Trinajstić information content (AvgIpc) is 2.76. The molecule has 0 aliphatic heterocycles. The summed E-state index contributed by atoms with van der Waals surface area (Å²) in [5.41, 5.74) is 2.35. The van der Waals surface area contributed by atoms with Gasteiger partial charge in [0.25, 0.3) is 0 Å². The van der Waals surface area contributed by atoms with E-state index in [2.05, 4.69) is 41.9 Å². The highest BCUT2D eigenvalue weighted by Gasteiger charge is 2.56. The minimum atomic E-state index is -0.0861. The molecule has 0 spiro atoms. The van der Waals surface area contributed by atoms with Gasteiger partial charge in [0.15, 0.2) is 0 Å². The summed E-state index contributed by atoms with van der Waals surface area (Å²) in [6.07, 6.45) is 13.2. The summed E-state index contributed by atoms with van der Waals surface area (Å²) in [7, 11) is 0. The topological polar surface area (TPSA) is 20.2 Å². The third-order valence-corrected chi connectivity index (χ3v) is 8.79. The van der Waals surface area contributed by atoms with Gasteiger partial charge in [-0.05, 0) is 72.6 Å². The maximum Gasteiger partial charge on any atom is 0.0577 e. The predicted molar refractivity (Wildman–Crippen MR) is 90.1 cm³/mol. The first kappa shape index (κ1) is 14.5. The molecule has 0 saturated heterocycles. The number of rotatable bonds is 0. The molecule has 0 amide bonds. The maximum atomic E-state index is 10.0. The molecule has 4 rings (SSSR count). The summed E-state index contributed by atoms with van der Waals surface area (Å²) < 4.78 is 1.47. The van der Waals surface area contributed by atoms with Crippen LogP contribution in [0.4, 0.5) is 0 Å². The Bertz CT molecular complexity index is 522. The molecule has 2 saturated carbocycles. The summed E-state index contributed by atoms with van der Waals surface area (Å²) >= 11 is 3.86. The Morgan fingerprint density at radius 3 is 2.62 bits per heavy atom. The van der Waals surface area contributed by atoms with Crippen LogP contribution < -0.4 is 0 Å². The minimum Gasteiger partial charge on any atom is -0.393 e. The third-order valence-electron chi connectivity index (χ3n) is 7.56. The highest BCUT2D eigenvalue weighted by molar-refractivity contribution is 9.11. The molecule has 6 atom stereocenters. The van der Waals surface area contributed by atoms with Gasteiger partial charge in [-0.2, -0.15) is 0 Å². The van der Waals surface area contributed by atoms with Crippen LogP contribution in [0.2, 0.25) is 0 Å². The number of hydrogen-bond donors (Lipinski definition) is 1. The Kier molecular flexibility index (Phi) is 3.25. The van der Waals surface area contributed by atoms with Crippen LogP contribution in [0.25, 0.3) is 0 Å². The fourth-order valence-electron chi connectivity index (χ4n) is 6.16. The summed E-state index contributed by atoms with van der Waals surface area (Å²) in [6.45, 7) is 4.98. The molecule has 0 radical (unpaired) electrons. The molecule has 2 fully saturated rings. The molecule has 4 aliphatic carbocycles. The van der Waals surface area contributed by atoms with E-state index in [4.69, 9.17) is 0 Å². The van der Waals surface area contributed by atoms with E-state index < -0.39 is 0 Å². The molecule has 0 bridgehead atoms. The molecule has 2 heteroatoms. The second-order valence-corrected chi connectivity index (χ2v) is 9.25. The Balaban J connectivity index is 1.68. The number of fused-ring (bicyclic) bond motifs is 5. The molecule has 0 heterocycles. The molecule has 0 aromatic carbocycles. The lowest BCUT2D eigenvalue weighted by atomic mass is 9.48. The van der Waals surface area contributed by atoms with E-state index in [-0.39, 0.29) is 6.10 Å². The van der Waals surface area contributed by atoms with E-state index in [1.807, 2.05) is 0 Å². The number of halogens is 1. The first-order chi connectivity index (χ1) is 9.95. The Labute approximate surface area is 137 Å². The molecule has 0 aromatic heterocycles. The van der Waals surface area contributed by atoms with Crippen molar-refractivity contribution >= 4 is 15.9 Å². The number of aliphatic hydroxyl groups is 1. The van der Waals surface area contributed by atoms with Gasteiger partial charge < -0.3 is 5.11 Å². The van der Waals surface area contributed by atoms with Gasteiger partial charge in [0.1, 0.15) is 0 Å². The van der Waals surface area contributed by atoms with Crippen LogP contribution in [0.1, 0.15) is 58.8 Å². The average molecular weight is 351 g/mol. The Hall–Kier alpha value is -0.0800. The standard InChI is InChI=1S/C19H27BrO/c1-18-9-7-13(21)11-12(18)3-4-14-15-5-6-17(20)19(15,2)10-8-16(14)18/h3,6,13-16,21H,4-5,7-11H2,1-2H3. The van der Waals surface area contributed by atoms with Crippen molar-refractivity contribution in [2.45, 2.75) is 64.9 Å². The van der Waals surface area contributed by atoms with Crippen LogP contribution in [0, 0.1) is 28.6 Å². The van der Waals surface area contributed by atoms with Crippen molar-refractivity contribution in [2.75, 3.05) is 0 Å². The van der Waals surface area contributed by atoms with E-state index in [1.165, 1.54) is 36.6 Å². The van der Waals surface area contributed by atoms with Gasteiger partial charge in [-0.25, -0.2) is 0 Å². The zero-order valence-electron chi connectivity index (χ0n) is 13.2. The molecule has 116 valence electrons. The summed E-state index contributed by atoms with van der Waals surface area (Å²) in [6, 6.07) is 0. The quantitative estimate of drug-likeness (QED) is 0.595. The van der Waals surface area contributed by atoms with Crippen LogP contribution in [-0.2, 0) is 0 Å². The van der Waals surface area contributed by atoms with Gasteiger partial charge in [-0.1, -0.05) is 47.5 Å². The van der Waals surface area contributed by atoms with E-state index in [1.54, 1.807) is 5.57 Å². The molecule has 0 aromatic rings. The van der Waals surface area contributed by atoms with E-state index >= 15 is 0 Å². The zero-order valence-corrected chi connectivity index (χ0v) is 14.8. The van der Waals surface area contributed by atoms with E-state index in [0.717, 1.165) is 30.6 Å². The lowest BCUT2D eigenvalue weighted by Crippen LogP contribution is -2.49.